The number of guanidine groups is 1. The van der Waals surface area contributed by atoms with E-state index in [9.17, 15) is 0 Å². The second-order valence-corrected chi connectivity index (χ2v) is 5.33. The first-order chi connectivity index (χ1) is 10.3. The fraction of sp³-hybridized carbons (Fsp3) is 0.250. The van der Waals surface area contributed by atoms with Crippen LogP contribution in [0.2, 0.25) is 0 Å². The molecule has 4 nitrogen and oxygen atoms in total. The number of aromatic nitrogens is 1. The summed E-state index contributed by atoms with van der Waals surface area (Å²) >= 11 is 1.75. The number of rotatable bonds is 5. The Bertz CT molecular complexity index is 567. The molecule has 1 aromatic carbocycles. The molecule has 1 heterocycles. The van der Waals surface area contributed by atoms with E-state index in [4.69, 9.17) is 0 Å². The van der Waals surface area contributed by atoms with Crippen molar-refractivity contribution in [2.45, 2.75) is 18.0 Å². The molecule has 0 atom stereocenters. The topological polar surface area (TPSA) is 49.3 Å². The molecule has 0 unspecified atom stereocenters. The highest BCUT2D eigenvalue weighted by Crippen LogP contribution is 2.14. The largest absolute Gasteiger partial charge is 0.352 e. The molecule has 0 aliphatic heterocycles. The highest BCUT2D eigenvalue weighted by Gasteiger charge is 1.99. The Hall–Kier alpha value is -2.01. The molecule has 5 heteroatoms. The molecule has 0 saturated heterocycles. The molecule has 2 aromatic rings. The van der Waals surface area contributed by atoms with Crippen molar-refractivity contribution in [3.8, 4) is 0 Å². The van der Waals surface area contributed by atoms with E-state index >= 15 is 0 Å². The van der Waals surface area contributed by atoms with Gasteiger partial charge in [-0.2, -0.15) is 0 Å². The summed E-state index contributed by atoms with van der Waals surface area (Å²) in [4.78, 5) is 9.76. The minimum absolute atomic E-state index is 0.659. The molecule has 110 valence electrons. The number of hydrogen-bond donors (Lipinski definition) is 2. The Balaban J connectivity index is 1.82. The van der Waals surface area contributed by atoms with E-state index in [0.29, 0.717) is 6.54 Å². The van der Waals surface area contributed by atoms with Gasteiger partial charge in [0, 0.05) is 24.7 Å². The molecule has 0 aliphatic carbocycles. The molecule has 0 amide bonds. The van der Waals surface area contributed by atoms with Gasteiger partial charge in [0.05, 0.1) is 12.2 Å². The van der Waals surface area contributed by atoms with Crippen LogP contribution in [0.3, 0.4) is 0 Å². The average molecular weight is 300 g/mol. The van der Waals surface area contributed by atoms with Crippen LogP contribution in [0, 0.1) is 0 Å². The van der Waals surface area contributed by atoms with Crippen LogP contribution in [0.15, 0.2) is 58.5 Å². The quantitative estimate of drug-likeness (QED) is 0.506. The lowest BCUT2D eigenvalue weighted by molar-refractivity contribution is 0.794. The van der Waals surface area contributed by atoms with Crippen LogP contribution in [-0.4, -0.2) is 24.2 Å². The summed E-state index contributed by atoms with van der Waals surface area (Å²) in [5.41, 5.74) is 2.22. The van der Waals surface area contributed by atoms with E-state index in [1.807, 2.05) is 18.2 Å². The lowest BCUT2D eigenvalue weighted by atomic mass is 10.2. The molecule has 2 rings (SSSR count). The number of nitrogens with one attached hydrogen (secondary N) is 2. The van der Waals surface area contributed by atoms with E-state index in [-0.39, 0.29) is 0 Å². The van der Waals surface area contributed by atoms with Crippen molar-refractivity contribution in [2.24, 2.45) is 4.99 Å². The van der Waals surface area contributed by atoms with Gasteiger partial charge in [-0.1, -0.05) is 18.2 Å². The van der Waals surface area contributed by atoms with Crippen molar-refractivity contribution in [3.63, 3.8) is 0 Å². The minimum Gasteiger partial charge on any atom is -0.352 e. The maximum atomic E-state index is 4.27. The van der Waals surface area contributed by atoms with Gasteiger partial charge in [-0.05, 0) is 36.1 Å². The Morgan fingerprint density at radius 2 is 1.86 bits per heavy atom. The number of aliphatic imine (C=N–C) groups is 1. The lowest BCUT2D eigenvalue weighted by Gasteiger charge is -2.11. The first kappa shape index (κ1) is 15.4. The maximum absolute atomic E-state index is 4.27. The Morgan fingerprint density at radius 3 is 2.48 bits per heavy atom. The van der Waals surface area contributed by atoms with Crippen molar-refractivity contribution in [2.75, 3.05) is 13.3 Å². The molecule has 21 heavy (non-hydrogen) atoms. The third-order valence-electron chi connectivity index (χ3n) is 3.01. The molecule has 2 N–H and O–H groups in total. The standard InChI is InChI=1S/C16H20N4S/c1-17-16(20-12-14-5-3-4-10-18-14)19-11-13-6-8-15(21-2)9-7-13/h3-10H,11-12H2,1-2H3,(H2,17,19,20). The van der Waals surface area contributed by atoms with Crippen LogP contribution >= 0.6 is 11.8 Å². The third kappa shape index (κ3) is 5.11. The Kier molecular flexibility index (Phi) is 6.09. The summed E-state index contributed by atoms with van der Waals surface area (Å²) in [6.45, 7) is 1.41. The molecule has 0 fully saturated rings. The number of hydrogen-bond acceptors (Lipinski definition) is 3. The summed E-state index contributed by atoms with van der Waals surface area (Å²) in [5.74, 6) is 0.773. The maximum Gasteiger partial charge on any atom is 0.191 e. The van der Waals surface area contributed by atoms with E-state index in [1.54, 1.807) is 25.0 Å². The van der Waals surface area contributed by atoms with Crippen LogP contribution < -0.4 is 10.6 Å². The van der Waals surface area contributed by atoms with Gasteiger partial charge in [-0.3, -0.25) is 9.98 Å². The summed E-state index contributed by atoms with van der Waals surface area (Å²) < 4.78 is 0. The second kappa shape index (κ2) is 8.32. The number of pyridine rings is 1. The van der Waals surface area contributed by atoms with Crippen molar-refractivity contribution in [1.82, 2.24) is 15.6 Å². The normalized spacial score (nSPS) is 11.2. The number of benzene rings is 1. The van der Waals surface area contributed by atoms with Gasteiger partial charge >= 0.3 is 0 Å². The van der Waals surface area contributed by atoms with E-state index in [2.05, 4.69) is 51.1 Å². The van der Waals surface area contributed by atoms with Crippen molar-refractivity contribution in [1.29, 1.82) is 0 Å². The molecular formula is C16H20N4S. The highest BCUT2D eigenvalue weighted by molar-refractivity contribution is 7.98. The predicted molar refractivity (Wildman–Crippen MR) is 89.5 cm³/mol. The summed E-state index contributed by atoms with van der Waals surface area (Å²) in [5, 5.41) is 6.55. The van der Waals surface area contributed by atoms with Crippen molar-refractivity contribution >= 4 is 17.7 Å². The van der Waals surface area contributed by atoms with Gasteiger partial charge in [0.15, 0.2) is 5.96 Å². The molecular weight excluding hydrogens is 280 g/mol. The van der Waals surface area contributed by atoms with Gasteiger partial charge in [-0.25, -0.2) is 0 Å². The minimum atomic E-state index is 0.659. The molecule has 0 radical (unpaired) electrons. The van der Waals surface area contributed by atoms with Gasteiger partial charge in [0.2, 0.25) is 0 Å². The Labute approximate surface area is 130 Å². The highest BCUT2D eigenvalue weighted by atomic mass is 32.2. The number of thioether (sulfide) groups is 1. The van der Waals surface area contributed by atoms with E-state index < -0.39 is 0 Å². The second-order valence-electron chi connectivity index (χ2n) is 4.45. The molecule has 0 spiro atoms. The van der Waals surface area contributed by atoms with Crippen LogP contribution in [-0.2, 0) is 13.1 Å². The molecule has 0 saturated carbocycles. The molecule has 0 aliphatic rings. The zero-order valence-electron chi connectivity index (χ0n) is 12.3. The van der Waals surface area contributed by atoms with Crippen LogP contribution in [0.1, 0.15) is 11.3 Å². The van der Waals surface area contributed by atoms with E-state index in [0.717, 1.165) is 18.2 Å². The number of nitrogens with zero attached hydrogens (tertiary/aromatic N) is 2. The third-order valence-corrected chi connectivity index (χ3v) is 3.75. The zero-order valence-corrected chi connectivity index (χ0v) is 13.2. The van der Waals surface area contributed by atoms with Crippen molar-refractivity contribution < 1.29 is 0 Å². The van der Waals surface area contributed by atoms with E-state index in [1.165, 1.54) is 10.5 Å². The van der Waals surface area contributed by atoms with Crippen LogP contribution in [0.5, 0.6) is 0 Å². The molecule has 1 aromatic heterocycles. The SMILES string of the molecule is CN=C(NCc1ccc(SC)cc1)NCc1ccccn1. The fourth-order valence-corrected chi connectivity index (χ4v) is 2.24. The Morgan fingerprint density at radius 1 is 1.10 bits per heavy atom. The van der Waals surface area contributed by atoms with Gasteiger partial charge in [0.1, 0.15) is 0 Å². The lowest BCUT2D eigenvalue weighted by Crippen LogP contribution is -2.36. The summed E-state index contributed by atoms with van der Waals surface area (Å²) in [6, 6.07) is 14.4. The summed E-state index contributed by atoms with van der Waals surface area (Å²) in [7, 11) is 1.77. The average Bonchev–Trinajstić information content (AvgIpc) is 2.56. The molecule has 0 bridgehead atoms. The van der Waals surface area contributed by atoms with Crippen molar-refractivity contribution in [3.05, 3.63) is 59.9 Å². The smallest absolute Gasteiger partial charge is 0.191 e. The van der Waals surface area contributed by atoms with Gasteiger partial charge in [-0.15, -0.1) is 11.8 Å². The van der Waals surface area contributed by atoms with Gasteiger partial charge < -0.3 is 10.6 Å². The monoisotopic (exact) mass is 300 g/mol. The summed E-state index contributed by atoms with van der Waals surface area (Å²) in [6.07, 6.45) is 3.87. The first-order valence-corrected chi connectivity index (χ1v) is 8.01. The van der Waals surface area contributed by atoms with Crippen LogP contribution in [0.25, 0.3) is 0 Å². The first-order valence-electron chi connectivity index (χ1n) is 6.79. The van der Waals surface area contributed by atoms with Crippen LogP contribution in [0.4, 0.5) is 0 Å². The predicted octanol–water partition coefficient (Wildman–Crippen LogP) is 2.67. The van der Waals surface area contributed by atoms with Gasteiger partial charge in [0.25, 0.3) is 0 Å². The fourth-order valence-electron chi connectivity index (χ4n) is 1.83. The zero-order chi connectivity index (χ0) is 14.9.